The first-order chi connectivity index (χ1) is 13.6. The highest BCUT2D eigenvalue weighted by Gasteiger charge is 2.23. The fourth-order valence-corrected chi connectivity index (χ4v) is 3.62. The van der Waals surface area contributed by atoms with Crippen LogP contribution in [0, 0.1) is 0 Å². The maximum atomic E-state index is 12.5. The fraction of sp³-hybridized carbons (Fsp3) is 0.200. The highest BCUT2D eigenvalue weighted by molar-refractivity contribution is 6.32. The van der Waals surface area contributed by atoms with Gasteiger partial charge in [-0.15, -0.1) is 0 Å². The molecule has 0 bridgehead atoms. The number of rotatable bonds is 4. The van der Waals surface area contributed by atoms with Crippen molar-refractivity contribution in [3.8, 4) is 11.4 Å². The van der Waals surface area contributed by atoms with E-state index in [9.17, 15) is 9.59 Å². The van der Waals surface area contributed by atoms with Crippen molar-refractivity contribution >= 4 is 17.4 Å². The van der Waals surface area contributed by atoms with Gasteiger partial charge in [0.1, 0.15) is 11.6 Å². The quantitative estimate of drug-likeness (QED) is 0.706. The summed E-state index contributed by atoms with van der Waals surface area (Å²) in [5, 5.41) is 3.61. The molecule has 2 aromatic carbocycles. The maximum Gasteiger partial charge on any atom is 0.334 e. The first kappa shape index (κ1) is 18.3. The maximum absolute atomic E-state index is 12.5. The summed E-state index contributed by atoms with van der Waals surface area (Å²) in [6, 6.07) is 15.1. The number of aromatic amines is 1. The molecule has 0 saturated carbocycles. The molecule has 3 aromatic rings. The Bertz CT molecular complexity index is 1120. The molecule has 1 aliphatic heterocycles. The Hall–Kier alpha value is -3.03. The molecule has 0 aliphatic carbocycles. The second-order valence-corrected chi connectivity index (χ2v) is 6.96. The summed E-state index contributed by atoms with van der Waals surface area (Å²) in [6.07, 6.45) is 0. The number of ether oxygens (including phenoxy) is 1. The summed E-state index contributed by atoms with van der Waals surface area (Å²) < 4.78 is 6.60. The molecule has 0 fully saturated rings. The predicted molar refractivity (Wildman–Crippen MR) is 108 cm³/mol. The fourth-order valence-electron chi connectivity index (χ4n) is 3.37. The minimum Gasteiger partial charge on any atom is -0.495 e. The molecule has 28 heavy (non-hydrogen) atoms. The summed E-state index contributed by atoms with van der Waals surface area (Å²) in [7, 11) is 1.53. The molecule has 4 rings (SSSR count). The predicted octanol–water partition coefficient (Wildman–Crippen LogP) is 2.57. The second kappa shape index (κ2) is 7.53. The Kier molecular flexibility index (Phi) is 4.93. The Morgan fingerprint density at radius 1 is 1.14 bits per heavy atom. The van der Waals surface area contributed by atoms with E-state index in [0.29, 0.717) is 47.6 Å². The average molecular weight is 399 g/mol. The van der Waals surface area contributed by atoms with E-state index in [2.05, 4.69) is 15.2 Å². The summed E-state index contributed by atoms with van der Waals surface area (Å²) in [5.74, 6) is 0.998. The van der Waals surface area contributed by atoms with Gasteiger partial charge in [-0.1, -0.05) is 41.9 Å². The van der Waals surface area contributed by atoms with Crippen molar-refractivity contribution in [2.75, 3.05) is 19.1 Å². The summed E-state index contributed by atoms with van der Waals surface area (Å²) in [6.45, 7) is 1.63. The molecule has 144 valence electrons. The minimum atomic E-state index is -0.519. The van der Waals surface area contributed by atoms with Gasteiger partial charge in [0, 0.05) is 13.1 Å². The molecule has 0 amide bonds. The number of nitrogens with zero attached hydrogens (tertiary/aromatic N) is 2. The summed E-state index contributed by atoms with van der Waals surface area (Å²) in [5.41, 5.74) is 1.30. The molecule has 2 heterocycles. The molecule has 1 aliphatic rings. The normalized spacial score (nSPS) is 13.6. The molecule has 8 heteroatoms. The third kappa shape index (κ3) is 3.42. The lowest BCUT2D eigenvalue weighted by molar-refractivity contribution is 0.263. The number of benzene rings is 2. The van der Waals surface area contributed by atoms with Crippen LogP contribution in [-0.4, -0.2) is 28.2 Å². The Labute approximate surface area is 166 Å². The zero-order chi connectivity index (χ0) is 19.7. The number of halogens is 1. The lowest BCUT2D eigenvalue weighted by atomic mass is 10.1. The number of hydrogen-bond donors (Lipinski definition) is 2. The molecule has 0 spiro atoms. The zero-order valence-electron chi connectivity index (χ0n) is 15.2. The van der Waals surface area contributed by atoms with Crippen LogP contribution in [0.4, 0.5) is 5.82 Å². The van der Waals surface area contributed by atoms with Gasteiger partial charge in [0.2, 0.25) is 0 Å². The van der Waals surface area contributed by atoms with Crippen LogP contribution in [0.25, 0.3) is 5.69 Å². The zero-order valence-corrected chi connectivity index (χ0v) is 16.0. The lowest BCUT2D eigenvalue weighted by Crippen LogP contribution is -2.42. The standard InChI is InChI=1S/C20H19ClN4O3/c1-28-17-8-7-14(9-16(17)21)25-18-15(19(26)23-20(25)27)11-24(12-22-18)10-13-5-3-2-4-6-13/h2-9,22H,10-12H2,1H3,(H,23,26,27). The van der Waals surface area contributed by atoms with Crippen molar-refractivity contribution in [1.82, 2.24) is 14.5 Å². The van der Waals surface area contributed by atoms with Crippen LogP contribution in [0.2, 0.25) is 5.02 Å². The molecule has 0 radical (unpaired) electrons. The number of methoxy groups -OCH3 is 1. The smallest absolute Gasteiger partial charge is 0.334 e. The number of hydrogen-bond acceptors (Lipinski definition) is 5. The average Bonchev–Trinajstić information content (AvgIpc) is 2.69. The first-order valence-electron chi connectivity index (χ1n) is 8.79. The van der Waals surface area contributed by atoms with Crippen LogP contribution >= 0.6 is 11.6 Å². The van der Waals surface area contributed by atoms with E-state index in [1.807, 2.05) is 30.3 Å². The van der Waals surface area contributed by atoms with Gasteiger partial charge in [-0.2, -0.15) is 0 Å². The van der Waals surface area contributed by atoms with Gasteiger partial charge < -0.3 is 10.1 Å². The van der Waals surface area contributed by atoms with Crippen LogP contribution in [-0.2, 0) is 13.1 Å². The van der Waals surface area contributed by atoms with E-state index >= 15 is 0 Å². The highest BCUT2D eigenvalue weighted by Crippen LogP contribution is 2.28. The van der Waals surface area contributed by atoms with Crippen molar-refractivity contribution in [3.63, 3.8) is 0 Å². The summed E-state index contributed by atoms with van der Waals surface area (Å²) in [4.78, 5) is 29.5. The van der Waals surface area contributed by atoms with Gasteiger partial charge in [-0.25, -0.2) is 9.36 Å². The van der Waals surface area contributed by atoms with Crippen LogP contribution in [0.3, 0.4) is 0 Å². The molecule has 0 atom stereocenters. The van der Waals surface area contributed by atoms with E-state index in [1.54, 1.807) is 18.2 Å². The number of fused-ring (bicyclic) bond motifs is 1. The largest absolute Gasteiger partial charge is 0.495 e. The third-order valence-corrected chi connectivity index (χ3v) is 5.00. The highest BCUT2D eigenvalue weighted by atomic mass is 35.5. The number of anilines is 1. The van der Waals surface area contributed by atoms with Crippen molar-refractivity contribution in [2.45, 2.75) is 13.1 Å². The van der Waals surface area contributed by atoms with Gasteiger partial charge in [-0.05, 0) is 23.8 Å². The van der Waals surface area contributed by atoms with Gasteiger partial charge >= 0.3 is 5.69 Å². The Balaban J connectivity index is 1.72. The van der Waals surface area contributed by atoms with E-state index in [1.165, 1.54) is 11.7 Å². The molecule has 2 N–H and O–H groups in total. The van der Waals surface area contributed by atoms with E-state index in [-0.39, 0.29) is 5.56 Å². The molecule has 7 nitrogen and oxygen atoms in total. The van der Waals surface area contributed by atoms with Crippen LogP contribution in [0.5, 0.6) is 5.75 Å². The van der Waals surface area contributed by atoms with E-state index in [0.717, 1.165) is 5.56 Å². The van der Waals surface area contributed by atoms with Crippen LogP contribution in [0.15, 0.2) is 58.1 Å². The minimum absolute atomic E-state index is 0.383. The summed E-state index contributed by atoms with van der Waals surface area (Å²) >= 11 is 6.22. The van der Waals surface area contributed by atoms with Crippen molar-refractivity contribution < 1.29 is 4.74 Å². The number of H-pyrrole nitrogens is 1. The third-order valence-electron chi connectivity index (χ3n) is 4.70. The van der Waals surface area contributed by atoms with Gasteiger partial charge in [0.25, 0.3) is 5.56 Å². The second-order valence-electron chi connectivity index (χ2n) is 6.55. The van der Waals surface area contributed by atoms with E-state index in [4.69, 9.17) is 16.3 Å². The Morgan fingerprint density at radius 2 is 1.93 bits per heavy atom. The van der Waals surface area contributed by atoms with Crippen molar-refractivity contribution in [2.24, 2.45) is 0 Å². The van der Waals surface area contributed by atoms with Crippen LogP contribution in [0.1, 0.15) is 11.1 Å². The molecule has 0 saturated heterocycles. The topological polar surface area (TPSA) is 79.4 Å². The van der Waals surface area contributed by atoms with Gasteiger partial charge in [0.05, 0.1) is 30.1 Å². The SMILES string of the molecule is COc1ccc(-n2c3c(c(=O)[nH]c2=O)CN(Cc2ccccc2)CN3)cc1Cl. The molecular weight excluding hydrogens is 380 g/mol. The van der Waals surface area contributed by atoms with Crippen LogP contribution < -0.4 is 21.3 Å². The van der Waals surface area contributed by atoms with Gasteiger partial charge in [-0.3, -0.25) is 14.7 Å². The first-order valence-corrected chi connectivity index (χ1v) is 9.17. The number of aromatic nitrogens is 2. The van der Waals surface area contributed by atoms with Crippen molar-refractivity contribution in [3.05, 3.63) is 85.5 Å². The molecule has 0 unspecified atom stereocenters. The molecular formula is C20H19ClN4O3. The van der Waals surface area contributed by atoms with E-state index < -0.39 is 5.69 Å². The Morgan fingerprint density at radius 3 is 2.64 bits per heavy atom. The number of nitrogens with one attached hydrogen (secondary N) is 2. The van der Waals surface area contributed by atoms with Gasteiger partial charge in [0.15, 0.2) is 0 Å². The van der Waals surface area contributed by atoms with Crippen molar-refractivity contribution in [1.29, 1.82) is 0 Å². The monoisotopic (exact) mass is 398 g/mol. The molecule has 1 aromatic heterocycles. The lowest BCUT2D eigenvalue weighted by Gasteiger charge is -2.30.